The smallest absolute Gasteiger partial charge is 0.237 e. The zero-order chi connectivity index (χ0) is 12.2. The lowest BCUT2D eigenvalue weighted by Crippen LogP contribution is -2.42. The van der Waals surface area contributed by atoms with Gasteiger partial charge >= 0.3 is 0 Å². The topological polar surface area (TPSA) is 87.7 Å². The molecule has 0 aliphatic heterocycles. The van der Waals surface area contributed by atoms with Crippen molar-refractivity contribution in [1.29, 1.82) is 0 Å². The molecular weight excluding hydrogens is 206 g/mol. The van der Waals surface area contributed by atoms with Crippen molar-refractivity contribution >= 4 is 17.4 Å². The Balaban J connectivity index is 2.81. The molecule has 1 aromatic carbocycles. The van der Waals surface area contributed by atoms with Crippen LogP contribution in [0.2, 0.25) is 0 Å². The highest BCUT2D eigenvalue weighted by molar-refractivity contribution is 6.11. The number of nitrogens with one attached hydrogen (secondary N) is 1. The lowest BCUT2D eigenvalue weighted by atomic mass is 9.91. The van der Waals surface area contributed by atoms with Crippen LogP contribution in [0.25, 0.3) is 0 Å². The third-order valence-corrected chi connectivity index (χ3v) is 2.35. The number of carbonyl (C=O) groups is 1. The van der Waals surface area contributed by atoms with Crippen LogP contribution in [-0.4, -0.2) is 17.0 Å². The molecule has 0 heterocycles. The molecule has 0 atom stereocenters. The van der Waals surface area contributed by atoms with Gasteiger partial charge in [0, 0.05) is 5.69 Å². The van der Waals surface area contributed by atoms with Crippen LogP contribution in [0.5, 0.6) is 0 Å². The number of carbonyl (C=O) groups excluding carboxylic acids is 1. The fourth-order valence-electron chi connectivity index (χ4n) is 1.05. The van der Waals surface area contributed by atoms with Crippen LogP contribution < -0.4 is 11.1 Å². The normalized spacial score (nSPS) is 12.2. The molecule has 0 radical (unpaired) electrons. The molecule has 1 amide bonds. The maximum atomic E-state index is 11.9. The van der Waals surface area contributed by atoms with Crippen LogP contribution in [0.1, 0.15) is 13.8 Å². The Morgan fingerprint density at radius 3 is 2.44 bits per heavy atom. The van der Waals surface area contributed by atoms with E-state index in [1.54, 1.807) is 26.0 Å². The van der Waals surface area contributed by atoms with E-state index in [2.05, 4.69) is 10.5 Å². The Bertz CT molecular complexity index is 399. The van der Waals surface area contributed by atoms with Crippen molar-refractivity contribution in [3.8, 4) is 0 Å². The molecular formula is C11H15N3O2. The zero-order valence-electron chi connectivity index (χ0n) is 9.27. The summed E-state index contributed by atoms with van der Waals surface area (Å²) >= 11 is 0. The Hall–Kier alpha value is -2.04. The van der Waals surface area contributed by atoms with Gasteiger partial charge in [-0.1, -0.05) is 23.4 Å². The molecule has 0 aliphatic rings. The second kappa shape index (κ2) is 4.65. The maximum absolute atomic E-state index is 11.9. The molecule has 1 aromatic rings. The summed E-state index contributed by atoms with van der Waals surface area (Å²) in [4.78, 5) is 11.9. The number of nitrogens with two attached hydrogens (primary N) is 1. The summed E-state index contributed by atoms with van der Waals surface area (Å²) in [7, 11) is 0. The van der Waals surface area contributed by atoms with Gasteiger partial charge in [0.15, 0.2) is 5.84 Å². The van der Waals surface area contributed by atoms with Gasteiger partial charge in [0.05, 0.1) is 0 Å². The minimum absolute atomic E-state index is 0.124. The van der Waals surface area contributed by atoms with Gasteiger partial charge in [0.1, 0.15) is 5.41 Å². The van der Waals surface area contributed by atoms with Crippen molar-refractivity contribution in [2.75, 3.05) is 5.32 Å². The van der Waals surface area contributed by atoms with Gasteiger partial charge in [-0.2, -0.15) is 0 Å². The van der Waals surface area contributed by atoms with Crippen LogP contribution in [0.15, 0.2) is 35.5 Å². The molecule has 0 saturated carbocycles. The molecule has 5 heteroatoms. The molecule has 16 heavy (non-hydrogen) atoms. The lowest BCUT2D eigenvalue weighted by molar-refractivity contribution is -0.121. The van der Waals surface area contributed by atoms with Gasteiger partial charge in [0.2, 0.25) is 5.91 Å². The number of nitrogens with zero attached hydrogens (tertiary/aromatic N) is 1. The molecule has 1 rings (SSSR count). The predicted molar refractivity (Wildman–Crippen MR) is 62.3 cm³/mol. The molecule has 0 aliphatic carbocycles. The van der Waals surface area contributed by atoms with Crippen LogP contribution >= 0.6 is 0 Å². The van der Waals surface area contributed by atoms with Crippen molar-refractivity contribution in [1.82, 2.24) is 0 Å². The fraction of sp³-hybridized carbons (Fsp3) is 0.273. The van der Waals surface area contributed by atoms with Gasteiger partial charge in [-0.05, 0) is 26.0 Å². The number of benzene rings is 1. The molecule has 0 bridgehead atoms. The van der Waals surface area contributed by atoms with Gasteiger partial charge in [-0.25, -0.2) is 0 Å². The molecule has 86 valence electrons. The summed E-state index contributed by atoms with van der Waals surface area (Å²) in [5.74, 6) is -0.449. The van der Waals surface area contributed by atoms with Crippen LogP contribution in [0.3, 0.4) is 0 Å². The molecule has 0 unspecified atom stereocenters. The van der Waals surface area contributed by atoms with Crippen LogP contribution in [-0.2, 0) is 4.79 Å². The van der Waals surface area contributed by atoms with E-state index in [4.69, 9.17) is 10.9 Å². The number of amidine groups is 1. The van der Waals surface area contributed by atoms with Crippen LogP contribution in [0.4, 0.5) is 5.69 Å². The first kappa shape index (κ1) is 12.0. The van der Waals surface area contributed by atoms with Gasteiger partial charge in [0.25, 0.3) is 0 Å². The van der Waals surface area contributed by atoms with Gasteiger partial charge in [-0.3, -0.25) is 4.79 Å². The molecule has 0 saturated heterocycles. The molecule has 0 fully saturated rings. The standard InChI is InChI=1S/C11H15N3O2/c1-11(2,9(12)14-16)10(15)13-8-6-4-3-5-7-8/h3-7,16H,1-2H3,(H2,12,14)(H,13,15). The number of hydrogen-bond donors (Lipinski definition) is 3. The monoisotopic (exact) mass is 221 g/mol. The largest absolute Gasteiger partial charge is 0.409 e. The molecule has 0 spiro atoms. The van der Waals surface area contributed by atoms with Crippen LogP contribution in [0, 0.1) is 5.41 Å². The summed E-state index contributed by atoms with van der Waals surface area (Å²) in [6, 6.07) is 9.00. The Morgan fingerprint density at radius 1 is 1.38 bits per heavy atom. The summed E-state index contributed by atoms with van der Waals surface area (Å²) in [5, 5.41) is 14.1. The molecule has 4 N–H and O–H groups in total. The third-order valence-electron chi connectivity index (χ3n) is 2.35. The lowest BCUT2D eigenvalue weighted by Gasteiger charge is -2.21. The van der Waals surface area contributed by atoms with Gasteiger partial charge in [-0.15, -0.1) is 0 Å². The van der Waals surface area contributed by atoms with E-state index < -0.39 is 5.41 Å². The number of para-hydroxylation sites is 1. The van der Waals surface area contributed by atoms with Crippen molar-refractivity contribution < 1.29 is 10.0 Å². The second-order valence-electron chi connectivity index (χ2n) is 3.93. The van der Waals surface area contributed by atoms with Gasteiger partial charge < -0.3 is 16.3 Å². The van der Waals surface area contributed by atoms with E-state index >= 15 is 0 Å². The predicted octanol–water partition coefficient (Wildman–Crippen LogP) is 1.40. The average molecular weight is 221 g/mol. The highest BCUT2D eigenvalue weighted by Crippen LogP contribution is 2.18. The van der Waals surface area contributed by atoms with Crippen molar-refractivity contribution in [3.05, 3.63) is 30.3 Å². The number of hydrogen-bond acceptors (Lipinski definition) is 3. The van der Waals surface area contributed by atoms with E-state index in [0.717, 1.165) is 0 Å². The minimum atomic E-state index is -1.05. The zero-order valence-corrected chi connectivity index (χ0v) is 9.27. The highest BCUT2D eigenvalue weighted by atomic mass is 16.4. The van der Waals surface area contributed by atoms with E-state index in [9.17, 15) is 4.79 Å². The Kier molecular flexibility index (Phi) is 3.50. The summed E-state index contributed by atoms with van der Waals surface area (Å²) in [6.45, 7) is 3.17. The average Bonchev–Trinajstić information content (AvgIpc) is 2.29. The molecule has 0 aromatic heterocycles. The van der Waals surface area contributed by atoms with Crippen molar-refractivity contribution in [3.63, 3.8) is 0 Å². The van der Waals surface area contributed by atoms with E-state index in [0.29, 0.717) is 5.69 Å². The second-order valence-corrected chi connectivity index (χ2v) is 3.93. The Labute approximate surface area is 94.0 Å². The Morgan fingerprint density at radius 2 is 1.94 bits per heavy atom. The maximum Gasteiger partial charge on any atom is 0.237 e. The number of rotatable bonds is 3. The van der Waals surface area contributed by atoms with E-state index in [-0.39, 0.29) is 11.7 Å². The first-order valence-corrected chi connectivity index (χ1v) is 4.83. The summed E-state index contributed by atoms with van der Waals surface area (Å²) < 4.78 is 0. The number of amides is 1. The summed E-state index contributed by atoms with van der Waals surface area (Å²) in [6.07, 6.45) is 0. The quantitative estimate of drug-likeness (QED) is 0.312. The van der Waals surface area contributed by atoms with E-state index in [1.807, 2.05) is 18.2 Å². The minimum Gasteiger partial charge on any atom is -0.409 e. The van der Waals surface area contributed by atoms with E-state index in [1.165, 1.54) is 0 Å². The molecule has 5 nitrogen and oxygen atoms in total. The number of anilines is 1. The first-order valence-electron chi connectivity index (χ1n) is 4.83. The first-order chi connectivity index (χ1) is 7.48. The third kappa shape index (κ3) is 2.50. The summed E-state index contributed by atoms with van der Waals surface area (Å²) in [5.41, 5.74) is 5.07. The fourth-order valence-corrected chi connectivity index (χ4v) is 1.05. The van der Waals surface area contributed by atoms with Crippen molar-refractivity contribution in [2.45, 2.75) is 13.8 Å². The van der Waals surface area contributed by atoms with Crippen molar-refractivity contribution in [2.24, 2.45) is 16.3 Å². The highest BCUT2D eigenvalue weighted by Gasteiger charge is 2.32. The SMILES string of the molecule is CC(C)(C(=O)Nc1ccccc1)C(N)=NO. The number of oxime groups is 1.